The predicted molar refractivity (Wildman–Crippen MR) is 118 cm³/mol. The van der Waals surface area contributed by atoms with Crippen molar-refractivity contribution in [1.29, 1.82) is 5.26 Å². The second kappa shape index (κ2) is 9.63. The van der Waals surface area contributed by atoms with Gasteiger partial charge < -0.3 is 19.4 Å². The van der Waals surface area contributed by atoms with Crippen molar-refractivity contribution in [2.45, 2.75) is 0 Å². The molecule has 6 nitrogen and oxygen atoms in total. The molecular weight excluding hydrogens is 395 g/mol. The first kappa shape index (κ1) is 20.9. The van der Waals surface area contributed by atoms with E-state index in [1.54, 1.807) is 29.2 Å². The van der Waals surface area contributed by atoms with E-state index in [-0.39, 0.29) is 17.3 Å². The van der Waals surface area contributed by atoms with Gasteiger partial charge in [0.25, 0.3) is 5.91 Å². The first-order valence-electron chi connectivity index (χ1n) is 10.5. The average Bonchev–Trinajstić information content (AvgIpc) is 2.83. The van der Waals surface area contributed by atoms with E-state index in [9.17, 15) is 14.4 Å². The van der Waals surface area contributed by atoms with Crippen LogP contribution in [0.5, 0.6) is 0 Å². The smallest absolute Gasteiger partial charge is 0.264 e. The quantitative estimate of drug-likeness (QED) is 0.562. The third-order valence-electron chi connectivity index (χ3n) is 5.69. The van der Waals surface area contributed by atoms with E-state index < -0.39 is 0 Å². The Kier molecular flexibility index (Phi) is 6.48. The van der Waals surface area contributed by atoms with Crippen LogP contribution in [0.2, 0.25) is 0 Å². The molecule has 2 fully saturated rings. The molecule has 160 valence electrons. The Balaban J connectivity index is 1.40. The van der Waals surface area contributed by atoms with Crippen LogP contribution in [0.25, 0.3) is 6.08 Å². The zero-order valence-electron chi connectivity index (χ0n) is 17.3. The number of carbonyl (C=O) groups excluding carboxylic acids is 1. The van der Waals surface area contributed by atoms with Crippen molar-refractivity contribution in [3.05, 3.63) is 65.5 Å². The van der Waals surface area contributed by atoms with Gasteiger partial charge in [0.15, 0.2) is 0 Å². The van der Waals surface area contributed by atoms with E-state index in [0.717, 1.165) is 37.6 Å². The molecule has 0 spiro atoms. The van der Waals surface area contributed by atoms with Gasteiger partial charge in [-0.2, -0.15) is 5.26 Å². The van der Waals surface area contributed by atoms with Crippen LogP contribution >= 0.6 is 0 Å². The first-order valence-corrected chi connectivity index (χ1v) is 10.5. The molecule has 31 heavy (non-hydrogen) atoms. The van der Waals surface area contributed by atoms with E-state index in [1.165, 1.54) is 6.07 Å². The second-order valence-electron chi connectivity index (χ2n) is 7.59. The maximum atomic E-state index is 14.0. The lowest BCUT2D eigenvalue weighted by Gasteiger charge is -2.36. The molecule has 0 aromatic heterocycles. The minimum absolute atomic E-state index is 0.110. The van der Waals surface area contributed by atoms with Crippen molar-refractivity contribution in [2.75, 3.05) is 62.3 Å². The van der Waals surface area contributed by atoms with Crippen LogP contribution < -0.4 is 9.80 Å². The molecular formula is C24H25FN4O2. The second-order valence-corrected chi connectivity index (χ2v) is 7.59. The molecule has 7 heteroatoms. The van der Waals surface area contributed by atoms with E-state index >= 15 is 0 Å². The molecule has 0 radical (unpaired) electrons. The SMILES string of the molecule is N#C/C(=C\c1ccc(N2CCOCC2)cc1)C(=O)N1CCN(c2ccccc2F)CC1. The summed E-state index contributed by atoms with van der Waals surface area (Å²) in [6, 6.07) is 16.5. The number of benzene rings is 2. The van der Waals surface area contributed by atoms with Crippen molar-refractivity contribution in [3.8, 4) is 6.07 Å². The molecule has 2 aromatic carbocycles. The highest BCUT2D eigenvalue weighted by Gasteiger charge is 2.25. The lowest BCUT2D eigenvalue weighted by molar-refractivity contribution is -0.126. The van der Waals surface area contributed by atoms with Crippen molar-refractivity contribution in [3.63, 3.8) is 0 Å². The van der Waals surface area contributed by atoms with Gasteiger partial charge in [-0.3, -0.25) is 4.79 Å². The number of hydrogen-bond acceptors (Lipinski definition) is 5. The average molecular weight is 420 g/mol. The van der Waals surface area contributed by atoms with E-state index in [2.05, 4.69) is 4.90 Å². The number of piperazine rings is 1. The lowest BCUT2D eigenvalue weighted by Crippen LogP contribution is -2.49. The van der Waals surface area contributed by atoms with Crippen LogP contribution in [0.1, 0.15) is 5.56 Å². The Labute approximate surface area is 181 Å². The summed E-state index contributed by atoms with van der Waals surface area (Å²) >= 11 is 0. The van der Waals surface area contributed by atoms with Gasteiger partial charge in [0, 0.05) is 45.0 Å². The van der Waals surface area contributed by atoms with Gasteiger partial charge in [-0.25, -0.2) is 4.39 Å². The third-order valence-corrected chi connectivity index (χ3v) is 5.69. The molecule has 2 aromatic rings. The number of ether oxygens (including phenoxy) is 1. The number of morpholine rings is 1. The van der Waals surface area contributed by atoms with Crippen LogP contribution in [0.15, 0.2) is 54.1 Å². The summed E-state index contributed by atoms with van der Waals surface area (Å²) in [7, 11) is 0. The molecule has 0 saturated carbocycles. The maximum Gasteiger partial charge on any atom is 0.264 e. The van der Waals surface area contributed by atoms with Gasteiger partial charge in [-0.1, -0.05) is 24.3 Å². The summed E-state index contributed by atoms with van der Waals surface area (Å²) < 4.78 is 19.4. The fraction of sp³-hybridized carbons (Fsp3) is 0.333. The van der Waals surface area contributed by atoms with Crippen LogP contribution in [0.4, 0.5) is 15.8 Å². The lowest BCUT2D eigenvalue weighted by atomic mass is 10.1. The molecule has 2 heterocycles. The summed E-state index contributed by atoms with van der Waals surface area (Å²) in [5, 5.41) is 9.57. The number of carbonyl (C=O) groups is 1. The Morgan fingerprint density at radius 3 is 2.26 bits per heavy atom. The maximum absolute atomic E-state index is 14.0. The Morgan fingerprint density at radius 1 is 0.935 bits per heavy atom. The van der Waals surface area contributed by atoms with E-state index in [0.29, 0.717) is 31.9 Å². The molecule has 0 aliphatic carbocycles. The predicted octanol–water partition coefficient (Wildman–Crippen LogP) is 2.92. The zero-order valence-corrected chi connectivity index (χ0v) is 17.3. The number of nitriles is 1. The van der Waals surface area contributed by atoms with Gasteiger partial charge in [-0.05, 0) is 35.9 Å². The van der Waals surface area contributed by atoms with Gasteiger partial charge in [0.05, 0.1) is 18.9 Å². The number of halogens is 1. The van der Waals surface area contributed by atoms with E-state index in [1.807, 2.05) is 35.2 Å². The molecule has 4 rings (SSSR count). The van der Waals surface area contributed by atoms with Crippen LogP contribution in [0.3, 0.4) is 0 Å². The van der Waals surface area contributed by atoms with Gasteiger partial charge in [0.2, 0.25) is 0 Å². The molecule has 0 bridgehead atoms. The highest BCUT2D eigenvalue weighted by atomic mass is 19.1. The molecule has 2 aliphatic rings. The molecule has 1 amide bonds. The highest BCUT2D eigenvalue weighted by molar-refractivity contribution is 6.01. The summed E-state index contributed by atoms with van der Waals surface area (Å²) in [5.74, 6) is -0.548. The van der Waals surface area contributed by atoms with Crippen molar-refractivity contribution in [1.82, 2.24) is 4.90 Å². The minimum atomic E-state index is -0.284. The monoisotopic (exact) mass is 420 g/mol. The molecule has 2 aliphatic heterocycles. The number of amides is 1. The van der Waals surface area contributed by atoms with Crippen LogP contribution in [-0.2, 0) is 9.53 Å². The summed E-state index contributed by atoms with van der Waals surface area (Å²) in [6.07, 6.45) is 1.63. The molecule has 0 atom stereocenters. The molecule has 2 saturated heterocycles. The highest BCUT2D eigenvalue weighted by Crippen LogP contribution is 2.22. The molecule has 0 N–H and O–H groups in total. The Bertz CT molecular complexity index is 985. The summed E-state index contributed by atoms with van der Waals surface area (Å²) in [4.78, 5) is 18.7. The van der Waals surface area contributed by atoms with Crippen LogP contribution in [0, 0.1) is 17.1 Å². The zero-order chi connectivity index (χ0) is 21.6. The summed E-state index contributed by atoms with van der Waals surface area (Å²) in [5.41, 5.74) is 2.57. The number of rotatable bonds is 4. The van der Waals surface area contributed by atoms with Crippen molar-refractivity contribution >= 4 is 23.4 Å². The number of nitrogens with zero attached hydrogens (tertiary/aromatic N) is 4. The number of hydrogen-bond donors (Lipinski definition) is 0. The third kappa shape index (κ3) is 4.86. The Hall–Kier alpha value is -3.37. The summed E-state index contributed by atoms with van der Waals surface area (Å²) in [6.45, 7) is 5.10. The Morgan fingerprint density at radius 2 is 1.61 bits per heavy atom. The van der Waals surface area contributed by atoms with Crippen molar-refractivity contribution < 1.29 is 13.9 Å². The first-order chi connectivity index (χ1) is 15.2. The van der Waals surface area contributed by atoms with Crippen molar-refractivity contribution in [2.24, 2.45) is 0 Å². The number of anilines is 2. The minimum Gasteiger partial charge on any atom is -0.378 e. The van der Waals surface area contributed by atoms with Crippen LogP contribution in [-0.4, -0.2) is 63.3 Å². The normalized spacial score (nSPS) is 17.4. The van der Waals surface area contributed by atoms with Gasteiger partial charge in [-0.15, -0.1) is 0 Å². The fourth-order valence-corrected chi connectivity index (χ4v) is 3.94. The number of para-hydroxylation sites is 1. The fourth-order valence-electron chi connectivity index (χ4n) is 3.94. The largest absolute Gasteiger partial charge is 0.378 e. The van der Waals surface area contributed by atoms with Gasteiger partial charge in [0.1, 0.15) is 17.5 Å². The van der Waals surface area contributed by atoms with E-state index in [4.69, 9.17) is 4.74 Å². The standard InChI is InChI=1S/C24H25FN4O2/c25-22-3-1-2-4-23(22)28-9-11-29(12-10-28)24(30)20(18-26)17-19-5-7-21(8-6-19)27-13-15-31-16-14-27/h1-8,17H,9-16H2/b20-17+. The van der Waals surface area contributed by atoms with Gasteiger partial charge >= 0.3 is 0 Å². The molecule has 0 unspecified atom stereocenters. The topological polar surface area (TPSA) is 59.8 Å².